The highest BCUT2D eigenvalue weighted by molar-refractivity contribution is 5.97. The van der Waals surface area contributed by atoms with E-state index in [2.05, 4.69) is 99.0 Å². The zero-order valence-corrected chi connectivity index (χ0v) is 53.4. The van der Waals surface area contributed by atoms with Crippen molar-refractivity contribution in [3.8, 4) is 54.3 Å². The zero-order valence-electron chi connectivity index (χ0n) is 53.4. The quantitative estimate of drug-likeness (QED) is 0.00853. The van der Waals surface area contributed by atoms with Crippen molar-refractivity contribution in [2.45, 2.75) is 144 Å². The molecule has 0 aliphatic heterocycles. The molecule has 0 unspecified atom stereocenters. The van der Waals surface area contributed by atoms with E-state index in [0.717, 1.165) is 114 Å². The van der Waals surface area contributed by atoms with Crippen LogP contribution in [-0.4, -0.2) is 82.1 Å². The van der Waals surface area contributed by atoms with Gasteiger partial charge in [0, 0.05) is 64.8 Å². The van der Waals surface area contributed by atoms with Crippen molar-refractivity contribution in [2.24, 2.45) is 10.2 Å². The number of hydrogen-bond donors (Lipinski definition) is 5. The summed E-state index contributed by atoms with van der Waals surface area (Å²) in [5.74, 6) is 8.64. The molecule has 5 aromatic rings. The summed E-state index contributed by atoms with van der Waals surface area (Å²) in [6, 6.07) is 35.4. The van der Waals surface area contributed by atoms with Crippen molar-refractivity contribution in [1.82, 2.24) is 26.6 Å². The molecule has 0 radical (unpaired) electrons. The molecule has 19 nitrogen and oxygen atoms in total. The minimum Gasteiger partial charge on any atom is -0.481 e. The van der Waals surface area contributed by atoms with E-state index in [1.54, 1.807) is 103 Å². The highest BCUT2D eigenvalue weighted by Crippen LogP contribution is 2.18. The average Bonchev–Trinajstić information content (AvgIpc) is 3.69. The van der Waals surface area contributed by atoms with Crippen LogP contribution in [0.3, 0.4) is 0 Å². The lowest BCUT2D eigenvalue weighted by molar-refractivity contribution is 0.0941. The maximum absolute atomic E-state index is 11.9. The number of azide groups is 2. The van der Waals surface area contributed by atoms with Crippen LogP contribution in [-0.2, 0) is 13.1 Å². The van der Waals surface area contributed by atoms with Crippen LogP contribution >= 0.6 is 0 Å². The minimum absolute atomic E-state index is 0.0467. The van der Waals surface area contributed by atoms with Gasteiger partial charge >= 0.3 is 0 Å². The number of carbonyl (C=O) groups excluding carboxylic acids is 5. The van der Waals surface area contributed by atoms with Crippen LogP contribution in [0.15, 0.2) is 132 Å². The van der Waals surface area contributed by atoms with Crippen LogP contribution in [0.4, 0.5) is 0 Å². The molecule has 0 bridgehead atoms. The van der Waals surface area contributed by atoms with Gasteiger partial charge in [-0.05, 0) is 133 Å². The van der Waals surface area contributed by atoms with Crippen LogP contribution in [0.5, 0.6) is 17.2 Å². The van der Waals surface area contributed by atoms with Gasteiger partial charge in [-0.1, -0.05) is 169 Å². The normalized spacial score (nSPS) is 9.58. The fourth-order valence-electron chi connectivity index (χ4n) is 7.77. The Balaban J connectivity index is 0.000000562. The van der Waals surface area contributed by atoms with Crippen molar-refractivity contribution in [3.63, 3.8) is 0 Å². The number of amides is 5. The van der Waals surface area contributed by atoms with Crippen molar-refractivity contribution in [1.29, 1.82) is 0 Å². The second kappa shape index (κ2) is 53.4. The third-order valence-electron chi connectivity index (χ3n) is 12.7. The van der Waals surface area contributed by atoms with Crippen LogP contribution in [0, 0.1) is 37.0 Å². The minimum atomic E-state index is -0.112. The molecule has 0 spiro atoms. The van der Waals surface area contributed by atoms with Crippen molar-refractivity contribution in [2.75, 3.05) is 52.5 Å². The largest absolute Gasteiger partial charge is 0.481 e. The van der Waals surface area contributed by atoms with Gasteiger partial charge in [-0.2, -0.15) is 0 Å². The standard InChI is InChI=1S/3C15H19NO2.2C13H18N4O/c1-3-5-8-11-16-15(17)13-9-6-7-10-14(13)18-12-4-2;1-3-5-6-11-16-15(17)13-7-9-14(10-8-13)18-12-4-2;1-3-5-6-10-16-15(17)13-8-7-9-14(12-13)18-11-4-2;1-2-3-4-9-15-13(18)12-7-5-11(6-8-12)10-16-17-14;1-2-3-4-8-15-13(18)12-7-5-6-11(9-12)10-16-17-14/h2,6-7,9-10H,3,5,8,11-12H2,1H3,(H,16,17);2,7-10H,3,5-6,11-12H2,1H3,(H,16,17);2,7-9,12H,3,5-6,10-11H2,1H3,(H,16,17);5-8H,2-4,9-10H2,1H3,(H,15,18);5-7,9H,2-4,8,10H2,1H3,(H,15,18). The van der Waals surface area contributed by atoms with E-state index in [1.807, 2.05) is 18.2 Å². The molecule has 0 aliphatic rings. The molecule has 480 valence electrons. The summed E-state index contributed by atoms with van der Waals surface area (Å²) >= 11 is 0. The average molecular weight is 1230 g/mol. The van der Waals surface area contributed by atoms with E-state index in [1.165, 1.54) is 0 Å². The number of unbranched alkanes of at least 4 members (excludes halogenated alkanes) is 10. The Morgan fingerprint density at radius 3 is 1.22 bits per heavy atom. The monoisotopic (exact) mass is 1230 g/mol. The second-order valence-electron chi connectivity index (χ2n) is 20.0. The van der Waals surface area contributed by atoms with E-state index in [-0.39, 0.29) is 55.9 Å². The van der Waals surface area contributed by atoms with E-state index in [0.29, 0.717) is 77.8 Å². The smallest absolute Gasteiger partial charge is 0.255 e. The van der Waals surface area contributed by atoms with Gasteiger partial charge in [0.15, 0.2) is 0 Å². The molecule has 5 N–H and O–H groups in total. The Kier molecular flexibility index (Phi) is 46.4. The summed E-state index contributed by atoms with van der Waals surface area (Å²) in [5.41, 5.74) is 21.2. The van der Waals surface area contributed by atoms with E-state index in [4.69, 9.17) is 44.5 Å². The Morgan fingerprint density at radius 2 is 0.778 bits per heavy atom. The first-order chi connectivity index (χ1) is 43.9. The van der Waals surface area contributed by atoms with Gasteiger partial charge in [0.2, 0.25) is 0 Å². The third kappa shape index (κ3) is 37.7. The maximum atomic E-state index is 11.9. The first kappa shape index (κ1) is 78.2. The number of terminal acetylenes is 3. The second-order valence-corrected chi connectivity index (χ2v) is 20.0. The fourth-order valence-corrected chi connectivity index (χ4v) is 7.77. The fraction of sp³-hybridized carbons (Fsp3) is 0.423. The number of nitrogens with zero attached hydrogens (tertiary/aromatic N) is 6. The first-order valence-electron chi connectivity index (χ1n) is 31.0. The first-order valence-corrected chi connectivity index (χ1v) is 31.0. The zero-order chi connectivity index (χ0) is 66.1. The molecule has 0 saturated heterocycles. The lowest BCUT2D eigenvalue weighted by Crippen LogP contribution is -2.25. The molecular weight excluding hydrogens is 1130 g/mol. The predicted octanol–water partition coefficient (Wildman–Crippen LogP) is 14.7. The van der Waals surface area contributed by atoms with Gasteiger partial charge in [-0.3, -0.25) is 24.0 Å². The number of nitrogens with one attached hydrogen (secondary N) is 5. The highest BCUT2D eigenvalue weighted by atomic mass is 16.5. The lowest BCUT2D eigenvalue weighted by atomic mass is 10.1. The SMILES string of the molecule is C#CCOc1ccc(C(=O)NCCCCC)cc1.C#CCOc1cccc(C(=O)NCCCCC)c1.C#CCOc1ccccc1C(=O)NCCCCC.CCCCCNC(=O)c1ccc(CN=[N+]=[N-])cc1.CCCCCNC(=O)c1cccc(CN=[N+]=[N-])c1. The van der Waals surface area contributed by atoms with E-state index >= 15 is 0 Å². The number of carbonyl (C=O) groups is 5. The van der Waals surface area contributed by atoms with Crippen molar-refractivity contribution >= 4 is 29.5 Å². The summed E-state index contributed by atoms with van der Waals surface area (Å²) in [5, 5.41) is 21.3. The van der Waals surface area contributed by atoms with Gasteiger partial charge in [0.25, 0.3) is 29.5 Å². The van der Waals surface area contributed by atoms with Gasteiger partial charge in [-0.15, -0.1) is 19.3 Å². The summed E-state index contributed by atoms with van der Waals surface area (Å²) < 4.78 is 15.8. The summed E-state index contributed by atoms with van der Waals surface area (Å²) in [4.78, 5) is 64.5. The Hall–Kier alpha value is -9.85. The molecule has 0 heterocycles. The van der Waals surface area contributed by atoms with E-state index < -0.39 is 0 Å². The molecule has 0 atom stereocenters. The summed E-state index contributed by atoms with van der Waals surface area (Å²) in [7, 11) is 0. The Morgan fingerprint density at radius 1 is 0.400 bits per heavy atom. The number of rotatable bonds is 35. The van der Waals surface area contributed by atoms with Crippen molar-refractivity contribution < 1.29 is 38.2 Å². The number of benzene rings is 5. The molecule has 90 heavy (non-hydrogen) atoms. The predicted molar refractivity (Wildman–Crippen MR) is 360 cm³/mol. The van der Waals surface area contributed by atoms with E-state index in [9.17, 15) is 24.0 Å². The molecule has 19 heteroatoms. The molecule has 0 fully saturated rings. The van der Waals surface area contributed by atoms with Crippen LogP contribution in [0.1, 0.15) is 194 Å². The van der Waals surface area contributed by atoms with Crippen LogP contribution < -0.4 is 40.8 Å². The molecule has 0 aromatic heterocycles. The number of hydrogen-bond acceptors (Lipinski definition) is 10. The molecular formula is C71H93N11O8. The molecule has 5 rings (SSSR count). The molecule has 5 amide bonds. The highest BCUT2D eigenvalue weighted by Gasteiger charge is 2.12. The number of ether oxygens (including phenoxy) is 3. The molecule has 0 aliphatic carbocycles. The number of para-hydroxylation sites is 1. The van der Waals surface area contributed by atoms with Gasteiger partial charge in [0.05, 0.1) is 18.7 Å². The third-order valence-corrected chi connectivity index (χ3v) is 12.7. The van der Waals surface area contributed by atoms with Crippen molar-refractivity contribution in [3.05, 3.63) is 181 Å². The van der Waals surface area contributed by atoms with Crippen LogP contribution in [0.2, 0.25) is 0 Å². The molecule has 5 aromatic carbocycles. The Bertz CT molecular complexity index is 3060. The summed E-state index contributed by atoms with van der Waals surface area (Å²) in [6.45, 7) is 15.4. The lowest BCUT2D eigenvalue weighted by Gasteiger charge is -2.09. The van der Waals surface area contributed by atoms with Gasteiger partial charge < -0.3 is 40.8 Å². The van der Waals surface area contributed by atoms with Gasteiger partial charge in [0.1, 0.15) is 37.1 Å². The topological polar surface area (TPSA) is 271 Å². The van der Waals surface area contributed by atoms with Gasteiger partial charge in [-0.25, -0.2) is 0 Å². The Labute approximate surface area is 534 Å². The van der Waals surface area contributed by atoms with Crippen LogP contribution in [0.25, 0.3) is 20.9 Å². The molecule has 0 saturated carbocycles. The summed E-state index contributed by atoms with van der Waals surface area (Å²) in [6.07, 6.45) is 31.7. The maximum Gasteiger partial charge on any atom is 0.255 e.